The van der Waals surface area contributed by atoms with Crippen LogP contribution in [0.4, 0.5) is 10.1 Å². The van der Waals surface area contributed by atoms with Crippen molar-refractivity contribution in [2.75, 3.05) is 25.4 Å². The standard InChI is InChI=1S/C15H21FN2O2/c1-3-20-12-4-6-18(7-5-12)15(19)11-8-13(16)10(2)14(17)9-11/h8-9,12H,3-7,17H2,1-2H3. The molecule has 110 valence electrons. The van der Waals surface area contributed by atoms with Gasteiger partial charge in [0.25, 0.3) is 5.91 Å². The van der Waals surface area contributed by atoms with Crippen LogP contribution >= 0.6 is 0 Å². The molecule has 0 atom stereocenters. The molecule has 0 aliphatic carbocycles. The van der Waals surface area contributed by atoms with E-state index in [1.54, 1.807) is 17.9 Å². The topological polar surface area (TPSA) is 55.6 Å². The first-order valence-corrected chi connectivity index (χ1v) is 6.99. The van der Waals surface area contributed by atoms with E-state index >= 15 is 0 Å². The minimum absolute atomic E-state index is 0.162. The Morgan fingerprint density at radius 1 is 1.45 bits per heavy atom. The molecule has 1 aromatic rings. The molecule has 4 nitrogen and oxygen atoms in total. The maximum Gasteiger partial charge on any atom is 0.254 e. The van der Waals surface area contributed by atoms with Crippen LogP contribution in [-0.4, -0.2) is 36.6 Å². The Balaban J connectivity index is 2.06. The number of nitrogen functional groups attached to an aromatic ring is 1. The van der Waals surface area contributed by atoms with Crippen molar-refractivity contribution in [3.8, 4) is 0 Å². The zero-order valence-corrected chi connectivity index (χ0v) is 12.0. The van der Waals surface area contributed by atoms with Gasteiger partial charge < -0.3 is 15.4 Å². The van der Waals surface area contributed by atoms with Crippen molar-refractivity contribution in [2.24, 2.45) is 0 Å². The normalized spacial score (nSPS) is 16.4. The van der Waals surface area contributed by atoms with Gasteiger partial charge in [0.05, 0.1) is 6.10 Å². The molecule has 2 rings (SSSR count). The molecule has 5 heteroatoms. The van der Waals surface area contributed by atoms with Crippen LogP contribution in [0.25, 0.3) is 0 Å². The van der Waals surface area contributed by atoms with Gasteiger partial charge in [-0.2, -0.15) is 0 Å². The fourth-order valence-electron chi connectivity index (χ4n) is 2.47. The highest BCUT2D eigenvalue weighted by Gasteiger charge is 2.24. The smallest absolute Gasteiger partial charge is 0.254 e. The van der Waals surface area contributed by atoms with Crippen molar-refractivity contribution in [3.63, 3.8) is 0 Å². The molecule has 0 spiro atoms. The molecule has 1 aromatic carbocycles. The summed E-state index contributed by atoms with van der Waals surface area (Å²) in [5.41, 5.74) is 6.74. The van der Waals surface area contributed by atoms with Gasteiger partial charge >= 0.3 is 0 Å². The number of anilines is 1. The summed E-state index contributed by atoms with van der Waals surface area (Å²) in [4.78, 5) is 14.1. The van der Waals surface area contributed by atoms with E-state index in [9.17, 15) is 9.18 Å². The number of hydrogen-bond donors (Lipinski definition) is 1. The summed E-state index contributed by atoms with van der Waals surface area (Å²) in [7, 11) is 0. The summed E-state index contributed by atoms with van der Waals surface area (Å²) in [6.45, 7) is 5.54. The number of ether oxygens (including phenoxy) is 1. The first-order valence-electron chi connectivity index (χ1n) is 6.99. The second-order valence-corrected chi connectivity index (χ2v) is 5.12. The molecule has 1 amide bonds. The number of carbonyl (C=O) groups excluding carboxylic acids is 1. The summed E-state index contributed by atoms with van der Waals surface area (Å²) in [6, 6.07) is 2.82. The van der Waals surface area contributed by atoms with Crippen LogP contribution in [0.2, 0.25) is 0 Å². The molecule has 0 unspecified atom stereocenters. The van der Waals surface area contributed by atoms with Gasteiger partial charge in [-0.15, -0.1) is 0 Å². The molecule has 0 radical (unpaired) electrons. The number of benzene rings is 1. The third-order valence-electron chi connectivity index (χ3n) is 3.76. The minimum Gasteiger partial charge on any atom is -0.398 e. The zero-order valence-electron chi connectivity index (χ0n) is 12.0. The Morgan fingerprint density at radius 3 is 2.65 bits per heavy atom. The summed E-state index contributed by atoms with van der Waals surface area (Å²) in [5.74, 6) is -0.594. The average molecular weight is 280 g/mol. The van der Waals surface area contributed by atoms with Crippen LogP contribution in [0, 0.1) is 12.7 Å². The monoisotopic (exact) mass is 280 g/mol. The fourth-order valence-corrected chi connectivity index (χ4v) is 2.47. The largest absolute Gasteiger partial charge is 0.398 e. The highest BCUT2D eigenvalue weighted by molar-refractivity contribution is 5.95. The lowest BCUT2D eigenvalue weighted by Gasteiger charge is -2.32. The Labute approximate surface area is 118 Å². The molecular formula is C15H21FN2O2. The molecule has 2 N–H and O–H groups in total. The van der Waals surface area contributed by atoms with Crippen LogP contribution in [0.1, 0.15) is 35.7 Å². The highest BCUT2D eigenvalue weighted by atomic mass is 19.1. The third kappa shape index (κ3) is 3.10. The molecule has 1 saturated heterocycles. The van der Waals surface area contributed by atoms with Crippen molar-refractivity contribution < 1.29 is 13.9 Å². The van der Waals surface area contributed by atoms with Gasteiger partial charge in [-0.25, -0.2) is 4.39 Å². The van der Waals surface area contributed by atoms with Crippen molar-refractivity contribution in [1.82, 2.24) is 4.90 Å². The van der Waals surface area contributed by atoms with E-state index in [2.05, 4.69) is 0 Å². The van der Waals surface area contributed by atoms with E-state index in [1.807, 2.05) is 6.92 Å². The van der Waals surface area contributed by atoms with Gasteiger partial charge in [-0.3, -0.25) is 4.79 Å². The molecule has 1 fully saturated rings. The second kappa shape index (κ2) is 6.22. The number of piperidine rings is 1. The van der Waals surface area contributed by atoms with Crippen molar-refractivity contribution in [2.45, 2.75) is 32.8 Å². The van der Waals surface area contributed by atoms with E-state index in [0.29, 0.717) is 36.5 Å². The molecule has 0 saturated carbocycles. The molecule has 1 aliphatic heterocycles. The van der Waals surface area contributed by atoms with Gasteiger partial charge in [0, 0.05) is 36.5 Å². The lowest BCUT2D eigenvalue weighted by atomic mass is 10.0. The fraction of sp³-hybridized carbons (Fsp3) is 0.533. The van der Waals surface area contributed by atoms with Gasteiger partial charge in [-0.05, 0) is 38.8 Å². The maximum atomic E-state index is 13.7. The van der Waals surface area contributed by atoms with E-state index < -0.39 is 5.82 Å². The molecule has 1 aliphatic rings. The van der Waals surface area contributed by atoms with Gasteiger partial charge in [-0.1, -0.05) is 0 Å². The number of hydrogen-bond acceptors (Lipinski definition) is 3. The SMILES string of the molecule is CCOC1CCN(C(=O)c2cc(N)c(C)c(F)c2)CC1. The van der Waals surface area contributed by atoms with E-state index in [1.165, 1.54) is 6.07 Å². The summed E-state index contributed by atoms with van der Waals surface area (Å²) < 4.78 is 19.2. The maximum absolute atomic E-state index is 13.7. The number of nitrogens with zero attached hydrogens (tertiary/aromatic N) is 1. The van der Waals surface area contributed by atoms with E-state index in [4.69, 9.17) is 10.5 Å². The molecule has 1 heterocycles. The van der Waals surface area contributed by atoms with Crippen LogP contribution in [0.5, 0.6) is 0 Å². The number of nitrogens with two attached hydrogens (primary N) is 1. The van der Waals surface area contributed by atoms with Gasteiger partial charge in [0.1, 0.15) is 5.82 Å². The molecule has 0 aromatic heterocycles. The first-order chi connectivity index (χ1) is 9.52. The predicted octanol–water partition coefficient (Wildman–Crippen LogP) is 2.36. The Hall–Kier alpha value is -1.62. The Bertz CT molecular complexity index is 474. The number of carbonyl (C=O) groups is 1. The number of amides is 1. The minimum atomic E-state index is -0.433. The van der Waals surface area contributed by atoms with Gasteiger partial charge in [0.2, 0.25) is 0 Å². The lowest BCUT2D eigenvalue weighted by molar-refractivity contribution is 0.0146. The van der Waals surface area contributed by atoms with Gasteiger partial charge in [0.15, 0.2) is 0 Å². The van der Waals surface area contributed by atoms with E-state index in [0.717, 1.165) is 12.8 Å². The van der Waals surface area contributed by atoms with Crippen LogP contribution in [0.15, 0.2) is 12.1 Å². The Kier molecular flexibility index (Phi) is 4.60. The molecular weight excluding hydrogens is 259 g/mol. The van der Waals surface area contributed by atoms with Crippen molar-refractivity contribution in [3.05, 3.63) is 29.1 Å². The number of likely N-dealkylation sites (tertiary alicyclic amines) is 1. The quantitative estimate of drug-likeness (QED) is 0.865. The second-order valence-electron chi connectivity index (χ2n) is 5.12. The average Bonchev–Trinajstić information content (AvgIpc) is 2.44. The Morgan fingerprint density at radius 2 is 2.10 bits per heavy atom. The van der Waals surface area contributed by atoms with Crippen LogP contribution < -0.4 is 5.73 Å². The summed E-state index contributed by atoms with van der Waals surface area (Å²) >= 11 is 0. The van der Waals surface area contributed by atoms with E-state index in [-0.39, 0.29) is 12.0 Å². The van der Waals surface area contributed by atoms with Crippen molar-refractivity contribution in [1.29, 1.82) is 0 Å². The molecule has 0 bridgehead atoms. The van der Waals surface area contributed by atoms with Crippen LogP contribution in [-0.2, 0) is 4.74 Å². The third-order valence-corrected chi connectivity index (χ3v) is 3.76. The molecule has 20 heavy (non-hydrogen) atoms. The summed E-state index contributed by atoms with van der Waals surface area (Å²) in [6.07, 6.45) is 1.87. The first kappa shape index (κ1) is 14.8. The number of halogens is 1. The zero-order chi connectivity index (χ0) is 14.7. The predicted molar refractivity (Wildman–Crippen MR) is 76.1 cm³/mol. The lowest BCUT2D eigenvalue weighted by Crippen LogP contribution is -2.41. The highest BCUT2D eigenvalue weighted by Crippen LogP contribution is 2.21. The number of rotatable bonds is 3. The summed E-state index contributed by atoms with van der Waals surface area (Å²) in [5, 5.41) is 0. The van der Waals surface area contributed by atoms with Crippen LogP contribution in [0.3, 0.4) is 0 Å². The van der Waals surface area contributed by atoms with Crippen molar-refractivity contribution >= 4 is 11.6 Å².